The van der Waals surface area contributed by atoms with Crippen LogP contribution in [0.2, 0.25) is 0 Å². The summed E-state index contributed by atoms with van der Waals surface area (Å²) in [6.45, 7) is 1.59. The van der Waals surface area contributed by atoms with Crippen LogP contribution in [0.3, 0.4) is 0 Å². The van der Waals surface area contributed by atoms with Gasteiger partial charge >= 0.3 is 0 Å². The molecule has 17 unspecified atom stereocenters. The highest BCUT2D eigenvalue weighted by Crippen LogP contribution is 2.33. The maximum Gasteiger partial charge on any atom is 0.220 e. The zero-order valence-electron chi connectivity index (χ0n) is 58.4. The molecule has 0 saturated carbocycles. The van der Waals surface area contributed by atoms with E-state index in [1.807, 2.05) is 6.08 Å². The minimum Gasteiger partial charge on any atom is -0.394 e. The number of aliphatic hydroxyl groups is 11. The standard InChI is InChI=1S/C76H133NO18/c1-3-5-7-9-11-13-15-17-19-21-23-24-25-26-27-28-29-30-31-32-33-34-36-37-39-41-43-45-47-49-51-53-60(81)59(77-64(82)54-52-50-48-46-44-42-40-38-35-22-20-18-16-14-12-10-8-6-4-2)58-90-74-70(88)67(85)72(62(56-79)92-74)95-76-71(89)68(86)73(63(57-80)93-76)94-75-69(87)66(84)65(83)61(55-78)91-75/h6,8,12,14,18,20,35,38,42-45,51,53,59-63,65-76,78-81,83-89H,3-5,7,9-11,13,15-17,19,21-34,36-37,39-41,46-50,52,54-58H2,1-2H3,(H,77,82)/b8-6-,14-12-,20-18-,38-35-,44-42-,45-43+,53-51+. The summed E-state index contributed by atoms with van der Waals surface area (Å²) in [6.07, 6.45) is 47.2. The fraction of sp³-hybridized carbons (Fsp3) is 0.803. The molecule has 550 valence electrons. The highest BCUT2D eigenvalue weighted by Gasteiger charge is 2.53. The predicted octanol–water partition coefficient (Wildman–Crippen LogP) is 11.1. The van der Waals surface area contributed by atoms with E-state index in [1.54, 1.807) is 6.08 Å². The molecule has 0 radical (unpaired) electrons. The first kappa shape index (κ1) is 86.2. The maximum absolute atomic E-state index is 13.4. The van der Waals surface area contributed by atoms with Crippen molar-refractivity contribution >= 4 is 5.91 Å². The molecule has 0 aromatic heterocycles. The summed E-state index contributed by atoms with van der Waals surface area (Å²) in [6, 6.07) is -1.01. The van der Waals surface area contributed by atoms with Crippen molar-refractivity contribution < 1.29 is 89.4 Å². The van der Waals surface area contributed by atoms with E-state index >= 15 is 0 Å². The third-order valence-corrected chi connectivity index (χ3v) is 18.2. The van der Waals surface area contributed by atoms with Gasteiger partial charge in [0.15, 0.2) is 18.9 Å². The number of aliphatic hydroxyl groups excluding tert-OH is 11. The first-order valence-electron chi connectivity index (χ1n) is 37.3. The average Bonchev–Trinajstić information content (AvgIpc) is 0.787. The molecule has 19 nitrogen and oxygen atoms in total. The minimum absolute atomic E-state index is 0.192. The molecule has 0 bridgehead atoms. The number of ether oxygens (including phenoxy) is 6. The summed E-state index contributed by atoms with van der Waals surface area (Å²) in [4.78, 5) is 13.4. The minimum atomic E-state index is -1.99. The molecule has 12 N–H and O–H groups in total. The summed E-state index contributed by atoms with van der Waals surface area (Å²) < 4.78 is 34.3. The molecule has 0 spiro atoms. The Morgan fingerprint density at radius 1 is 0.389 bits per heavy atom. The van der Waals surface area contributed by atoms with Crippen LogP contribution in [0.15, 0.2) is 85.1 Å². The quantitative estimate of drug-likeness (QED) is 0.0199. The molecule has 0 aromatic carbocycles. The second-order valence-corrected chi connectivity index (χ2v) is 26.4. The molecule has 0 aromatic rings. The average molecular weight is 1350 g/mol. The van der Waals surface area contributed by atoms with Crippen LogP contribution in [0.1, 0.15) is 258 Å². The number of nitrogens with one attached hydrogen (secondary N) is 1. The Bertz CT molecular complexity index is 2050. The Hall–Kier alpha value is -3.03. The molecule has 3 rings (SSSR count). The molecule has 3 heterocycles. The topological polar surface area (TPSA) is 307 Å². The summed E-state index contributed by atoms with van der Waals surface area (Å²) in [7, 11) is 0. The highest BCUT2D eigenvalue weighted by molar-refractivity contribution is 5.76. The van der Waals surface area contributed by atoms with Gasteiger partial charge in [0, 0.05) is 6.42 Å². The summed E-state index contributed by atoms with van der Waals surface area (Å²) in [5, 5.41) is 121. The number of carbonyl (C=O) groups excluding carboxylic acids is 1. The molecule has 3 aliphatic rings. The fourth-order valence-electron chi connectivity index (χ4n) is 12.2. The van der Waals surface area contributed by atoms with Crippen LogP contribution in [0.25, 0.3) is 0 Å². The summed E-state index contributed by atoms with van der Waals surface area (Å²) >= 11 is 0. The number of hydrogen-bond acceptors (Lipinski definition) is 18. The molecule has 1 amide bonds. The SMILES string of the molecule is CC/C=C\C/C=C\C/C=C\C/C=C\C/C=C\CCCCCC(=O)NC(COC1OC(CO)C(OC2OC(CO)C(OC3OC(CO)C(O)C(O)C3O)C(O)C2O)C(O)C1O)C(O)/C=C/CC/C=C/CCCCCCCCCCCCCCCCCCCCCCCCCCC. The Balaban J connectivity index is 1.42. The van der Waals surface area contributed by atoms with E-state index in [0.717, 1.165) is 70.6 Å². The van der Waals surface area contributed by atoms with Gasteiger partial charge in [0.2, 0.25) is 5.91 Å². The number of rotatable bonds is 57. The van der Waals surface area contributed by atoms with Crippen molar-refractivity contribution in [3.8, 4) is 0 Å². The van der Waals surface area contributed by atoms with Crippen LogP contribution in [0, 0.1) is 0 Å². The van der Waals surface area contributed by atoms with Crippen molar-refractivity contribution in [2.45, 2.75) is 362 Å². The Morgan fingerprint density at radius 2 is 0.737 bits per heavy atom. The van der Waals surface area contributed by atoms with Crippen molar-refractivity contribution in [3.63, 3.8) is 0 Å². The fourth-order valence-corrected chi connectivity index (χ4v) is 12.2. The van der Waals surface area contributed by atoms with Gasteiger partial charge in [0.05, 0.1) is 38.6 Å². The first-order chi connectivity index (χ1) is 46.3. The molecule has 95 heavy (non-hydrogen) atoms. The van der Waals surface area contributed by atoms with Crippen LogP contribution < -0.4 is 5.32 Å². The van der Waals surface area contributed by atoms with Gasteiger partial charge in [-0.25, -0.2) is 0 Å². The molecule has 3 fully saturated rings. The van der Waals surface area contributed by atoms with E-state index in [9.17, 15) is 61.0 Å². The lowest BCUT2D eigenvalue weighted by molar-refractivity contribution is -0.379. The van der Waals surface area contributed by atoms with Crippen molar-refractivity contribution in [2.75, 3.05) is 26.4 Å². The Kier molecular flexibility index (Phi) is 51.4. The monoisotopic (exact) mass is 1350 g/mol. The van der Waals surface area contributed by atoms with Gasteiger partial charge in [-0.15, -0.1) is 0 Å². The number of unbranched alkanes of at least 4 members (excludes halogenated alkanes) is 29. The first-order valence-corrected chi connectivity index (χ1v) is 37.3. The van der Waals surface area contributed by atoms with Crippen LogP contribution >= 0.6 is 0 Å². The largest absolute Gasteiger partial charge is 0.394 e. The lowest BCUT2D eigenvalue weighted by Crippen LogP contribution is -2.66. The molecule has 3 saturated heterocycles. The molecule has 17 atom stereocenters. The third kappa shape index (κ3) is 37.8. The van der Waals surface area contributed by atoms with Crippen molar-refractivity contribution in [2.24, 2.45) is 0 Å². The van der Waals surface area contributed by atoms with Gasteiger partial charge in [-0.2, -0.15) is 0 Å². The number of hydrogen-bond donors (Lipinski definition) is 12. The molecule has 0 aliphatic carbocycles. The lowest BCUT2D eigenvalue weighted by Gasteiger charge is -2.48. The third-order valence-electron chi connectivity index (χ3n) is 18.2. The summed E-state index contributed by atoms with van der Waals surface area (Å²) in [5.41, 5.74) is 0. The Labute approximate surface area is 571 Å². The molecular weight excluding hydrogens is 1210 g/mol. The van der Waals surface area contributed by atoms with Gasteiger partial charge in [-0.1, -0.05) is 259 Å². The van der Waals surface area contributed by atoms with Gasteiger partial charge in [-0.3, -0.25) is 4.79 Å². The van der Waals surface area contributed by atoms with E-state index < -0.39 is 124 Å². The van der Waals surface area contributed by atoms with Crippen LogP contribution in [-0.4, -0.2) is 193 Å². The number of amides is 1. The van der Waals surface area contributed by atoms with Crippen molar-refractivity contribution in [1.82, 2.24) is 5.32 Å². The lowest BCUT2D eigenvalue weighted by atomic mass is 9.96. The smallest absolute Gasteiger partial charge is 0.220 e. The van der Waals surface area contributed by atoms with Gasteiger partial charge in [-0.05, 0) is 77.0 Å². The van der Waals surface area contributed by atoms with E-state index in [2.05, 4.69) is 92.1 Å². The van der Waals surface area contributed by atoms with Gasteiger partial charge < -0.3 is 89.9 Å². The zero-order chi connectivity index (χ0) is 68.9. The van der Waals surface area contributed by atoms with Crippen LogP contribution in [0.4, 0.5) is 0 Å². The predicted molar refractivity (Wildman–Crippen MR) is 374 cm³/mol. The van der Waals surface area contributed by atoms with Crippen molar-refractivity contribution in [3.05, 3.63) is 85.1 Å². The molecule has 19 heteroatoms. The van der Waals surface area contributed by atoms with E-state index in [0.29, 0.717) is 12.8 Å². The second kappa shape index (κ2) is 56.7. The molecule has 3 aliphatic heterocycles. The van der Waals surface area contributed by atoms with E-state index in [4.69, 9.17) is 28.4 Å². The normalized spacial score (nSPS) is 27.7. The zero-order valence-corrected chi connectivity index (χ0v) is 58.4. The van der Waals surface area contributed by atoms with Gasteiger partial charge in [0.25, 0.3) is 0 Å². The summed E-state index contributed by atoms with van der Waals surface area (Å²) in [5.74, 6) is -0.318. The van der Waals surface area contributed by atoms with E-state index in [-0.39, 0.29) is 18.9 Å². The van der Waals surface area contributed by atoms with Crippen molar-refractivity contribution in [1.29, 1.82) is 0 Å². The second-order valence-electron chi connectivity index (χ2n) is 26.4. The maximum atomic E-state index is 13.4. The van der Waals surface area contributed by atoms with Crippen LogP contribution in [0.5, 0.6) is 0 Å². The number of allylic oxidation sites excluding steroid dienone is 13. The van der Waals surface area contributed by atoms with Gasteiger partial charge in [0.1, 0.15) is 73.2 Å². The number of carbonyl (C=O) groups is 1. The van der Waals surface area contributed by atoms with E-state index in [1.165, 1.54) is 154 Å². The molecular formula is C76H133NO18. The van der Waals surface area contributed by atoms with Crippen LogP contribution in [-0.2, 0) is 33.2 Å². The highest BCUT2D eigenvalue weighted by atomic mass is 16.8. The Morgan fingerprint density at radius 3 is 1.18 bits per heavy atom.